The molecular formula is C18H29N3O4S. The summed E-state index contributed by atoms with van der Waals surface area (Å²) in [6.45, 7) is 4.45. The van der Waals surface area contributed by atoms with Crippen LogP contribution in [0.2, 0.25) is 0 Å². The van der Waals surface area contributed by atoms with Gasteiger partial charge >= 0.3 is 6.03 Å². The molecule has 0 saturated carbocycles. The normalized spacial score (nSPS) is 12.9. The molecule has 8 heteroatoms. The van der Waals surface area contributed by atoms with Crippen LogP contribution in [-0.4, -0.2) is 59.3 Å². The van der Waals surface area contributed by atoms with Crippen LogP contribution in [0, 0.1) is 0 Å². The maximum Gasteiger partial charge on any atom is 0.312 e. The number of nitrogens with zero attached hydrogens (tertiary/aromatic N) is 1. The number of rotatable bonds is 11. The van der Waals surface area contributed by atoms with Gasteiger partial charge in [0.25, 0.3) is 0 Å². The summed E-state index contributed by atoms with van der Waals surface area (Å²) in [5.41, 5.74) is 6.06. The minimum Gasteiger partial charge on any atom is -0.494 e. The Morgan fingerprint density at radius 1 is 1.38 bits per heavy atom. The maximum atomic E-state index is 13.0. The highest BCUT2D eigenvalue weighted by molar-refractivity contribution is 7.98. The number of primary amides is 1. The Morgan fingerprint density at radius 3 is 2.65 bits per heavy atom. The summed E-state index contributed by atoms with van der Waals surface area (Å²) < 4.78 is 5.62. The molecule has 146 valence electrons. The number of hydrogen-bond acceptors (Lipinski definition) is 5. The second-order valence-corrected chi connectivity index (χ2v) is 6.94. The standard InChI is InChI=1S/C18H29N3O4S/c1-4-25-16-8-6-5-7-14(16)12-21(11-13(2)22)17(23)15(9-10-26-3)20-18(19)24/h5-8,13,15,22H,4,9-12H2,1-3H3,(H3,19,20,24)/t13-,15+/m1/s1. The molecule has 7 nitrogen and oxygen atoms in total. The van der Waals surface area contributed by atoms with E-state index in [9.17, 15) is 14.7 Å². The molecule has 2 atom stereocenters. The van der Waals surface area contributed by atoms with Crippen molar-refractivity contribution in [3.05, 3.63) is 29.8 Å². The number of thioether (sulfide) groups is 1. The van der Waals surface area contributed by atoms with Crippen LogP contribution in [0.1, 0.15) is 25.8 Å². The largest absolute Gasteiger partial charge is 0.494 e. The Labute approximate surface area is 159 Å². The molecule has 3 amide bonds. The lowest BCUT2D eigenvalue weighted by Crippen LogP contribution is -2.51. The number of hydrogen-bond donors (Lipinski definition) is 3. The van der Waals surface area contributed by atoms with Crippen molar-refractivity contribution < 1.29 is 19.4 Å². The van der Waals surface area contributed by atoms with Gasteiger partial charge in [0, 0.05) is 18.7 Å². The summed E-state index contributed by atoms with van der Waals surface area (Å²) in [7, 11) is 0. The number of nitrogens with two attached hydrogens (primary N) is 1. The van der Waals surface area contributed by atoms with Crippen molar-refractivity contribution >= 4 is 23.7 Å². The van der Waals surface area contributed by atoms with Gasteiger partial charge in [0.2, 0.25) is 5.91 Å². The van der Waals surface area contributed by atoms with E-state index < -0.39 is 18.2 Å². The Morgan fingerprint density at radius 2 is 2.08 bits per heavy atom. The van der Waals surface area contributed by atoms with Gasteiger partial charge in [-0.1, -0.05) is 18.2 Å². The molecule has 0 saturated heterocycles. The molecule has 0 fully saturated rings. The van der Waals surface area contributed by atoms with E-state index in [0.29, 0.717) is 24.5 Å². The van der Waals surface area contributed by atoms with Gasteiger partial charge in [-0.25, -0.2) is 4.79 Å². The van der Waals surface area contributed by atoms with Crippen LogP contribution >= 0.6 is 11.8 Å². The number of amides is 3. The molecule has 1 rings (SSSR count). The first kappa shape index (κ1) is 22.1. The van der Waals surface area contributed by atoms with E-state index in [4.69, 9.17) is 10.5 Å². The van der Waals surface area contributed by atoms with Crippen LogP contribution in [0.5, 0.6) is 5.75 Å². The van der Waals surface area contributed by atoms with E-state index >= 15 is 0 Å². The second kappa shape index (κ2) is 11.6. The van der Waals surface area contributed by atoms with Crippen LogP contribution in [0.15, 0.2) is 24.3 Å². The zero-order valence-electron chi connectivity index (χ0n) is 15.6. The first-order valence-electron chi connectivity index (χ1n) is 8.61. The molecular weight excluding hydrogens is 354 g/mol. The molecule has 0 aliphatic rings. The lowest BCUT2D eigenvalue weighted by atomic mass is 10.1. The van der Waals surface area contributed by atoms with E-state index in [0.717, 1.165) is 5.56 Å². The number of aliphatic hydroxyl groups excluding tert-OH is 1. The van der Waals surface area contributed by atoms with Crippen molar-refractivity contribution in [2.45, 2.75) is 39.0 Å². The van der Waals surface area contributed by atoms with Crippen LogP contribution in [0.3, 0.4) is 0 Å². The van der Waals surface area contributed by atoms with Gasteiger partial charge in [-0.2, -0.15) is 11.8 Å². The van der Waals surface area contributed by atoms with Gasteiger partial charge in [-0.3, -0.25) is 4.79 Å². The molecule has 1 aromatic rings. The van der Waals surface area contributed by atoms with Crippen LogP contribution < -0.4 is 15.8 Å². The molecule has 0 heterocycles. The van der Waals surface area contributed by atoms with E-state index in [2.05, 4.69) is 5.32 Å². The summed E-state index contributed by atoms with van der Waals surface area (Å²) in [6.07, 6.45) is 1.69. The molecule has 0 aliphatic heterocycles. The molecule has 26 heavy (non-hydrogen) atoms. The molecule has 0 aliphatic carbocycles. The Balaban J connectivity index is 3.03. The number of aliphatic hydroxyl groups is 1. The van der Waals surface area contributed by atoms with Crippen molar-refractivity contribution in [3.63, 3.8) is 0 Å². The van der Waals surface area contributed by atoms with Gasteiger partial charge in [-0.15, -0.1) is 0 Å². The molecule has 0 spiro atoms. The minimum absolute atomic E-state index is 0.148. The first-order valence-corrected chi connectivity index (χ1v) is 10.0. The van der Waals surface area contributed by atoms with E-state index in [1.165, 1.54) is 4.90 Å². The minimum atomic E-state index is -0.740. The van der Waals surface area contributed by atoms with Crippen molar-refractivity contribution in [1.82, 2.24) is 10.2 Å². The zero-order chi connectivity index (χ0) is 19.5. The van der Waals surface area contributed by atoms with Crippen molar-refractivity contribution in [2.75, 3.05) is 25.2 Å². The smallest absolute Gasteiger partial charge is 0.312 e. The maximum absolute atomic E-state index is 13.0. The van der Waals surface area contributed by atoms with E-state index in [1.54, 1.807) is 18.7 Å². The molecule has 0 radical (unpaired) electrons. The van der Waals surface area contributed by atoms with Gasteiger partial charge in [0.1, 0.15) is 11.8 Å². The third-order valence-corrected chi connectivity index (χ3v) is 4.30. The summed E-state index contributed by atoms with van der Waals surface area (Å²) in [4.78, 5) is 25.8. The molecule has 1 aromatic carbocycles. The van der Waals surface area contributed by atoms with Gasteiger partial charge in [0.05, 0.1) is 12.7 Å². The SMILES string of the molecule is CCOc1ccccc1CN(C[C@@H](C)O)C(=O)[C@H](CCSC)NC(N)=O. The predicted octanol–water partition coefficient (Wildman–Crippen LogP) is 1.58. The molecule has 0 unspecified atom stereocenters. The summed E-state index contributed by atoms with van der Waals surface area (Å²) in [5, 5.41) is 12.3. The summed E-state index contributed by atoms with van der Waals surface area (Å²) in [6, 6.07) is 6.00. The van der Waals surface area contributed by atoms with Crippen LogP contribution in [0.25, 0.3) is 0 Å². The number of benzene rings is 1. The summed E-state index contributed by atoms with van der Waals surface area (Å²) in [5.74, 6) is 1.13. The highest BCUT2D eigenvalue weighted by Crippen LogP contribution is 2.21. The number of carbonyl (C=O) groups excluding carboxylic acids is 2. The highest BCUT2D eigenvalue weighted by atomic mass is 32.2. The average molecular weight is 384 g/mol. The van der Waals surface area contributed by atoms with Gasteiger partial charge in [-0.05, 0) is 38.3 Å². The summed E-state index contributed by atoms with van der Waals surface area (Å²) >= 11 is 1.58. The van der Waals surface area contributed by atoms with Crippen LogP contribution in [-0.2, 0) is 11.3 Å². The van der Waals surface area contributed by atoms with Crippen molar-refractivity contribution in [1.29, 1.82) is 0 Å². The zero-order valence-corrected chi connectivity index (χ0v) is 16.4. The van der Waals surface area contributed by atoms with E-state index in [-0.39, 0.29) is 19.0 Å². The number of para-hydroxylation sites is 1. The Kier molecular flexibility index (Phi) is 9.90. The number of carbonyl (C=O) groups is 2. The average Bonchev–Trinajstić information content (AvgIpc) is 2.58. The fourth-order valence-corrected chi connectivity index (χ4v) is 3.04. The van der Waals surface area contributed by atoms with Gasteiger partial charge in [0.15, 0.2) is 0 Å². The number of ether oxygens (including phenoxy) is 1. The molecule has 0 aromatic heterocycles. The highest BCUT2D eigenvalue weighted by Gasteiger charge is 2.26. The van der Waals surface area contributed by atoms with E-state index in [1.807, 2.05) is 37.4 Å². The third-order valence-electron chi connectivity index (χ3n) is 3.66. The Hall–Kier alpha value is -1.93. The van der Waals surface area contributed by atoms with Crippen molar-refractivity contribution in [2.24, 2.45) is 5.73 Å². The number of urea groups is 1. The lowest BCUT2D eigenvalue weighted by Gasteiger charge is -2.29. The quantitative estimate of drug-likeness (QED) is 0.538. The van der Waals surface area contributed by atoms with Crippen LogP contribution in [0.4, 0.5) is 4.79 Å². The second-order valence-electron chi connectivity index (χ2n) is 5.95. The lowest BCUT2D eigenvalue weighted by molar-refractivity contribution is -0.135. The fourth-order valence-electron chi connectivity index (χ4n) is 2.57. The molecule has 4 N–H and O–H groups in total. The Bertz CT molecular complexity index is 583. The third kappa shape index (κ3) is 7.53. The van der Waals surface area contributed by atoms with Gasteiger partial charge < -0.3 is 25.8 Å². The van der Waals surface area contributed by atoms with Crippen molar-refractivity contribution in [3.8, 4) is 5.75 Å². The predicted molar refractivity (Wildman–Crippen MR) is 104 cm³/mol. The fraction of sp³-hybridized carbons (Fsp3) is 0.556. The topological polar surface area (TPSA) is 105 Å². The first-order chi connectivity index (χ1) is 12.4. The number of nitrogens with one attached hydrogen (secondary N) is 1. The monoisotopic (exact) mass is 383 g/mol. The molecule has 0 bridgehead atoms.